The fraction of sp³-hybridized carbons (Fsp3) is 0.467. The number of carbonyl (C=O) groups excluding carboxylic acids is 1. The maximum absolute atomic E-state index is 12.1. The molecule has 0 aromatic carbocycles. The van der Waals surface area contributed by atoms with Crippen LogP contribution in [-0.2, 0) is 0 Å². The van der Waals surface area contributed by atoms with Crippen molar-refractivity contribution in [1.29, 1.82) is 0 Å². The highest BCUT2D eigenvalue weighted by molar-refractivity contribution is 7.13. The van der Waals surface area contributed by atoms with E-state index >= 15 is 0 Å². The molecule has 1 amide bonds. The van der Waals surface area contributed by atoms with Crippen LogP contribution in [0.4, 0.5) is 5.13 Å². The summed E-state index contributed by atoms with van der Waals surface area (Å²) < 4.78 is 0. The summed E-state index contributed by atoms with van der Waals surface area (Å²) in [6.07, 6.45) is 4.19. The van der Waals surface area contributed by atoms with Gasteiger partial charge in [0.2, 0.25) is 0 Å². The van der Waals surface area contributed by atoms with Crippen LogP contribution in [0.3, 0.4) is 0 Å². The number of aryl methyl sites for hydroxylation is 1. The Morgan fingerprint density at radius 3 is 3.14 bits per heavy atom. The third-order valence-electron chi connectivity index (χ3n) is 3.71. The second kappa shape index (κ2) is 6.58. The lowest BCUT2D eigenvalue weighted by Crippen LogP contribution is -2.40. The number of thiazole rings is 1. The average Bonchev–Trinajstić information content (AvgIpc) is 3.16. The van der Waals surface area contributed by atoms with Crippen molar-refractivity contribution < 1.29 is 4.79 Å². The van der Waals surface area contributed by atoms with E-state index in [-0.39, 0.29) is 5.91 Å². The number of amides is 1. The summed E-state index contributed by atoms with van der Waals surface area (Å²) in [5.41, 5.74) is 1.15. The van der Waals surface area contributed by atoms with Gasteiger partial charge in [0.1, 0.15) is 0 Å². The number of rotatable bonds is 4. The van der Waals surface area contributed by atoms with Crippen LogP contribution in [0.1, 0.15) is 28.1 Å². The molecule has 112 valence electrons. The summed E-state index contributed by atoms with van der Waals surface area (Å²) in [6.45, 7) is 4.82. The molecule has 1 N–H and O–H groups in total. The van der Waals surface area contributed by atoms with Gasteiger partial charge in [-0.2, -0.15) is 0 Å². The highest BCUT2D eigenvalue weighted by Crippen LogP contribution is 2.24. The van der Waals surface area contributed by atoms with Crippen molar-refractivity contribution in [2.24, 2.45) is 5.92 Å². The number of piperidine rings is 1. The number of nitrogens with zero attached hydrogens (tertiary/aromatic N) is 2. The Labute approximate surface area is 132 Å². The Balaban J connectivity index is 1.52. The lowest BCUT2D eigenvalue weighted by atomic mass is 9.98. The topological polar surface area (TPSA) is 45.2 Å². The quantitative estimate of drug-likeness (QED) is 0.941. The first-order chi connectivity index (χ1) is 10.2. The van der Waals surface area contributed by atoms with Crippen LogP contribution in [0.15, 0.2) is 23.0 Å². The minimum Gasteiger partial charge on any atom is -0.351 e. The van der Waals surface area contributed by atoms with Crippen LogP contribution in [0.2, 0.25) is 0 Å². The molecule has 0 saturated carbocycles. The zero-order valence-corrected chi connectivity index (χ0v) is 13.7. The highest BCUT2D eigenvalue weighted by atomic mass is 32.1. The zero-order chi connectivity index (χ0) is 14.7. The molecule has 21 heavy (non-hydrogen) atoms. The first kappa shape index (κ1) is 14.5. The van der Waals surface area contributed by atoms with Crippen LogP contribution in [-0.4, -0.2) is 30.5 Å². The molecular weight excluding hydrogens is 302 g/mol. The summed E-state index contributed by atoms with van der Waals surface area (Å²) >= 11 is 3.20. The lowest BCUT2D eigenvalue weighted by molar-refractivity contribution is 0.0949. The summed E-state index contributed by atoms with van der Waals surface area (Å²) in [7, 11) is 0. The molecule has 0 radical (unpaired) electrons. The minimum atomic E-state index is 0.0551. The molecule has 0 bridgehead atoms. The molecule has 1 aliphatic heterocycles. The van der Waals surface area contributed by atoms with Gasteiger partial charge in [0, 0.05) is 31.2 Å². The maximum Gasteiger partial charge on any atom is 0.261 e. The monoisotopic (exact) mass is 321 g/mol. The first-order valence-electron chi connectivity index (χ1n) is 7.20. The van der Waals surface area contributed by atoms with E-state index in [2.05, 4.69) is 15.2 Å². The number of hydrogen-bond donors (Lipinski definition) is 1. The Morgan fingerprint density at radius 1 is 1.52 bits per heavy atom. The van der Waals surface area contributed by atoms with E-state index in [1.807, 2.05) is 29.9 Å². The van der Waals surface area contributed by atoms with E-state index in [0.29, 0.717) is 5.92 Å². The van der Waals surface area contributed by atoms with Crippen molar-refractivity contribution in [3.05, 3.63) is 33.5 Å². The van der Waals surface area contributed by atoms with Gasteiger partial charge >= 0.3 is 0 Å². The third kappa shape index (κ3) is 3.63. The Morgan fingerprint density at radius 2 is 2.43 bits per heavy atom. The van der Waals surface area contributed by atoms with Gasteiger partial charge in [-0.1, -0.05) is 0 Å². The van der Waals surface area contributed by atoms with E-state index in [0.717, 1.165) is 41.6 Å². The van der Waals surface area contributed by atoms with Crippen LogP contribution in [0, 0.1) is 12.8 Å². The SMILES string of the molecule is Cc1csc(C(=O)NCC2CCCN(c3nccs3)C2)c1. The molecule has 1 aliphatic rings. The molecule has 4 nitrogen and oxygen atoms in total. The van der Waals surface area contributed by atoms with Gasteiger partial charge in [-0.3, -0.25) is 4.79 Å². The predicted octanol–water partition coefficient (Wildman–Crippen LogP) is 3.16. The summed E-state index contributed by atoms with van der Waals surface area (Å²) in [6, 6.07) is 1.95. The lowest BCUT2D eigenvalue weighted by Gasteiger charge is -2.32. The largest absolute Gasteiger partial charge is 0.351 e. The fourth-order valence-corrected chi connectivity index (χ4v) is 4.15. The molecule has 2 aromatic rings. The fourth-order valence-electron chi connectivity index (χ4n) is 2.65. The van der Waals surface area contributed by atoms with Gasteiger partial charge in [0.15, 0.2) is 5.13 Å². The van der Waals surface area contributed by atoms with E-state index in [4.69, 9.17) is 0 Å². The van der Waals surface area contributed by atoms with Crippen LogP contribution in [0.5, 0.6) is 0 Å². The summed E-state index contributed by atoms with van der Waals surface area (Å²) in [4.78, 5) is 19.6. The van der Waals surface area contributed by atoms with E-state index in [1.165, 1.54) is 17.8 Å². The van der Waals surface area contributed by atoms with Gasteiger partial charge in [0.05, 0.1) is 4.88 Å². The number of thiophene rings is 1. The maximum atomic E-state index is 12.1. The van der Waals surface area contributed by atoms with E-state index in [9.17, 15) is 4.79 Å². The van der Waals surface area contributed by atoms with Crippen molar-refractivity contribution in [3.8, 4) is 0 Å². The van der Waals surface area contributed by atoms with Gasteiger partial charge < -0.3 is 10.2 Å². The molecule has 1 atom stereocenters. The van der Waals surface area contributed by atoms with Crippen LogP contribution >= 0.6 is 22.7 Å². The Kier molecular flexibility index (Phi) is 4.55. The molecule has 1 unspecified atom stereocenters. The Bertz CT molecular complexity index is 594. The molecule has 2 aromatic heterocycles. The van der Waals surface area contributed by atoms with Gasteiger partial charge in [0.25, 0.3) is 5.91 Å². The normalized spacial score (nSPS) is 18.7. The summed E-state index contributed by atoms with van der Waals surface area (Å²) in [5.74, 6) is 0.562. The van der Waals surface area contributed by atoms with Gasteiger partial charge in [-0.05, 0) is 42.7 Å². The molecular formula is C15H19N3OS2. The second-order valence-electron chi connectivity index (χ2n) is 5.47. The summed E-state index contributed by atoms with van der Waals surface area (Å²) in [5, 5.41) is 8.20. The van der Waals surface area contributed by atoms with Crippen molar-refractivity contribution in [2.45, 2.75) is 19.8 Å². The van der Waals surface area contributed by atoms with Gasteiger partial charge in [-0.15, -0.1) is 22.7 Å². The molecule has 3 rings (SSSR count). The molecule has 1 fully saturated rings. The molecule has 3 heterocycles. The van der Waals surface area contributed by atoms with E-state index < -0.39 is 0 Å². The number of aromatic nitrogens is 1. The predicted molar refractivity (Wildman–Crippen MR) is 88.4 cm³/mol. The van der Waals surface area contributed by atoms with Crippen molar-refractivity contribution in [2.75, 3.05) is 24.5 Å². The van der Waals surface area contributed by atoms with Gasteiger partial charge in [-0.25, -0.2) is 4.98 Å². The van der Waals surface area contributed by atoms with E-state index in [1.54, 1.807) is 11.3 Å². The minimum absolute atomic E-state index is 0.0551. The number of anilines is 1. The molecule has 0 aliphatic carbocycles. The van der Waals surface area contributed by atoms with Crippen molar-refractivity contribution in [1.82, 2.24) is 10.3 Å². The molecule has 6 heteroatoms. The number of carbonyl (C=O) groups is 1. The average molecular weight is 321 g/mol. The zero-order valence-electron chi connectivity index (χ0n) is 12.0. The number of nitrogens with one attached hydrogen (secondary N) is 1. The second-order valence-corrected chi connectivity index (χ2v) is 7.25. The first-order valence-corrected chi connectivity index (χ1v) is 8.96. The number of hydrogen-bond acceptors (Lipinski definition) is 5. The highest BCUT2D eigenvalue weighted by Gasteiger charge is 2.22. The smallest absolute Gasteiger partial charge is 0.261 e. The Hall–Kier alpha value is -1.40. The standard InChI is InChI=1S/C15H19N3OS2/c1-11-7-13(21-10-11)14(19)17-8-12-3-2-5-18(9-12)15-16-4-6-20-15/h4,6-7,10,12H,2-3,5,8-9H2,1H3,(H,17,19). The molecule has 1 saturated heterocycles. The van der Waals surface area contributed by atoms with Crippen molar-refractivity contribution in [3.63, 3.8) is 0 Å². The third-order valence-corrected chi connectivity index (χ3v) is 5.59. The molecule has 0 spiro atoms. The van der Waals surface area contributed by atoms with Crippen LogP contribution in [0.25, 0.3) is 0 Å². The van der Waals surface area contributed by atoms with Crippen molar-refractivity contribution >= 4 is 33.7 Å². The van der Waals surface area contributed by atoms with Crippen LogP contribution < -0.4 is 10.2 Å².